The number of nitrogens with two attached hydrogens (primary N) is 1. The number of hydrogen-bond donors (Lipinski definition) is 1. The molecule has 21 heavy (non-hydrogen) atoms. The Bertz CT molecular complexity index is 689. The molecule has 0 radical (unpaired) electrons. The lowest BCUT2D eigenvalue weighted by molar-refractivity contribution is 0.268. The van der Waals surface area contributed by atoms with Crippen molar-refractivity contribution >= 4 is 11.9 Å². The van der Waals surface area contributed by atoms with Crippen LogP contribution < -0.4 is 10.5 Å². The monoisotopic (exact) mass is 295 g/mol. The van der Waals surface area contributed by atoms with E-state index in [9.17, 15) is 13.2 Å². The topological polar surface area (TPSA) is 60.5 Å². The van der Waals surface area contributed by atoms with Crippen LogP contribution in [-0.2, 0) is 6.61 Å². The Morgan fingerprint density at radius 2 is 2.00 bits per heavy atom. The highest BCUT2D eigenvalue weighted by Crippen LogP contribution is 2.19. The molecular weight excluding hydrogens is 283 g/mol. The molecule has 4 nitrogen and oxygen atoms in total. The van der Waals surface area contributed by atoms with Crippen LogP contribution in [0.3, 0.4) is 0 Å². The van der Waals surface area contributed by atoms with Gasteiger partial charge in [0.2, 0.25) is 0 Å². The van der Waals surface area contributed by atoms with Crippen LogP contribution in [0, 0.1) is 17.6 Å². The van der Waals surface area contributed by atoms with Crippen LogP contribution in [0.25, 0.3) is 0 Å². The second kappa shape index (κ2) is 6.25. The normalized spacial score (nSPS) is 11.0. The Hall–Kier alpha value is -2.57. The quantitative estimate of drug-likeness (QED) is 0.536. The maximum Gasteiger partial charge on any atom is 0.253 e. The van der Waals surface area contributed by atoms with E-state index in [0.717, 1.165) is 5.56 Å². The molecule has 0 unspecified atom stereocenters. The van der Waals surface area contributed by atoms with E-state index < -0.39 is 23.5 Å². The van der Waals surface area contributed by atoms with Gasteiger partial charge in [0.05, 0.1) is 0 Å². The van der Waals surface area contributed by atoms with Crippen LogP contribution in [0.15, 0.2) is 29.3 Å². The molecule has 0 aliphatic rings. The molecule has 2 rings (SSSR count). The average Bonchev–Trinajstić information content (AvgIpc) is 2.44. The Kier molecular flexibility index (Phi) is 4.42. The van der Waals surface area contributed by atoms with Gasteiger partial charge >= 0.3 is 0 Å². The largest absolute Gasteiger partial charge is 0.471 e. The molecule has 0 saturated heterocycles. The number of nitrogens with zero attached hydrogens (tertiary/aromatic N) is 2. The fourth-order valence-electron chi connectivity index (χ4n) is 1.65. The summed E-state index contributed by atoms with van der Waals surface area (Å²) in [5, 5.41) is 0. The van der Waals surface area contributed by atoms with Crippen molar-refractivity contribution in [3.63, 3.8) is 0 Å². The predicted octanol–water partition coefficient (Wildman–Crippen LogP) is 2.71. The number of pyridine rings is 1. The fraction of sp³-hybridized carbons (Fsp3) is 0.143. The van der Waals surface area contributed by atoms with E-state index in [1.54, 1.807) is 31.5 Å². The predicted molar refractivity (Wildman–Crippen MR) is 72.8 cm³/mol. The summed E-state index contributed by atoms with van der Waals surface area (Å²) in [5.41, 5.74) is 7.64. The smallest absolute Gasteiger partial charge is 0.253 e. The summed E-state index contributed by atoms with van der Waals surface area (Å²) >= 11 is 0. The lowest BCUT2D eigenvalue weighted by Crippen LogP contribution is -2.04. The van der Waals surface area contributed by atoms with Crippen molar-refractivity contribution in [3.05, 3.63) is 53.0 Å². The zero-order chi connectivity index (χ0) is 15.4. The molecule has 2 N–H and O–H groups in total. The molecule has 2 aromatic rings. The zero-order valence-corrected chi connectivity index (χ0v) is 11.1. The minimum Gasteiger partial charge on any atom is -0.471 e. The first-order valence-corrected chi connectivity index (χ1v) is 5.96. The van der Waals surface area contributed by atoms with Crippen LogP contribution >= 0.6 is 0 Å². The van der Waals surface area contributed by atoms with Crippen molar-refractivity contribution in [2.75, 3.05) is 12.8 Å². The highest BCUT2D eigenvalue weighted by Gasteiger charge is 2.13. The van der Waals surface area contributed by atoms with Gasteiger partial charge in [0.15, 0.2) is 11.6 Å². The van der Waals surface area contributed by atoms with Crippen LogP contribution in [0.4, 0.5) is 18.9 Å². The first-order valence-electron chi connectivity index (χ1n) is 5.96. The van der Waals surface area contributed by atoms with Crippen LogP contribution in [0.2, 0.25) is 0 Å². The Labute approximate surface area is 119 Å². The summed E-state index contributed by atoms with van der Waals surface area (Å²) in [6.45, 7) is -0.0806. The van der Waals surface area contributed by atoms with Gasteiger partial charge in [0, 0.05) is 30.6 Å². The Morgan fingerprint density at radius 1 is 1.24 bits per heavy atom. The van der Waals surface area contributed by atoms with Crippen molar-refractivity contribution in [2.45, 2.75) is 6.61 Å². The van der Waals surface area contributed by atoms with Gasteiger partial charge in [0.25, 0.3) is 11.8 Å². The summed E-state index contributed by atoms with van der Waals surface area (Å²) in [7, 11) is 1.62. The molecule has 1 aromatic heterocycles. The number of ether oxygens (including phenoxy) is 1. The summed E-state index contributed by atoms with van der Waals surface area (Å²) in [5.74, 6) is -4.46. The number of aromatic nitrogens is 1. The number of aliphatic imine (C=N–C) groups is 1. The standard InChI is InChI=1S/C14H12F3N3O/c1-19-6-9-3-2-8(4-12(9)18)7-21-14-11(16)5-10(15)13(17)20-14/h2-6H,7,18H2,1H3. The molecule has 1 heterocycles. The van der Waals surface area contributed by atoms with Crippen molar-refractivity contribution in [1.29, 1.82) is 0 Å². The molecule has 0 aliphatic heterocycles. The Balaban J connectivity index is 2.13. The van der Waals surface area contributed by atoms with Crippen LogP contribution in [0.1, 0.15) is 11.1 Å². The van der Waals surface area contributed by atoms with E-state index in [1.165, 1.54) is 0 Å². The molecule has 0 saturated carbocycles. The van der Waals surface area contributed by atoms with E-state index in [2.05, 4.69) is 9.98 Å². The van der Waals surface area contributed by atoms with Crippen molar-refractivity contribution in [2.24, 2.45) is 4.99 Å². The Morgan fingerprint density at radius 3 is 2.67 bits per heavy atom. The number of halogens is 3. The van der Waals surface area contributed by atoms with Crippen molar-refractivity contribution < 1.29 is 17.9 Å². The SMILES string of the molecule is CN=Cc1ccc(COc2nc(F)c(F)cc2F)cc1N. The molecule has 0 amide bonds. The van der Waals surface area contributed by atoms with E-state index in [4.69, 9.17) is 10.5 Å². The fourth-order valence-corrected chi connectivity index (χ4v) is 1.65. The summed E-state index contributed by atoms with van der Waals surface area (Å²) in [6, 6.07) is 5.42. The molecule has 0 atom stereocenters. The highest BCUT2D eigenvalue weighted by atomic mass is 19.2. The number of nitrogen functional groups attached to an aromatic ring is 1. The van der Waals surface area contributed by atoms with Gasteiger partial charge in [-0.3, -0.25) is 4.99 Å². The van der Waals surface area contributed by atoms with Gasteiger partial charge in [0.1, 0.15) is 6.61 Å². The van der Waals surface area contributed by atoms with Crippen molar-refractivity contribution in [1.82, 2.24) is 4.98 Å². The first-order chi connectivity index (χ1) is 10.0. The van der Waals surface area contributed by atoms with E-state index in [0.29, 0.717) is 17.3 Å². The molecule has 0 bridgehead atoms. The molecule has 0 fully saturated rings. The number of hydrogen-bond acceptors (Lipinski definition) is 4. The summed E-state index contributed by atoms with van der Waals surface area (Å²) in [4.78, 5) is 6.91. The molecule has 110 valence electrons. The third-order valence-corrected chi connectivity index (χ3v) is 2.65. The second-order valence-corrected chi connectivity index (χ2v) is 4.19. The first kappa shape index (κ1) is 14.8. The maximum absolute atomic E-state index is 13.3. The van der Waals surface area contributed by atoms with Crippen molar-refractivity contribution in [3.8, 4) is 5.88 Å². The van der Waals surface area contributed by atoms with E-state index in [-0.39, 0.29) is 6.61 Å². The van der Waals surface area contributed by atoms with Crippen LogP contribution in [0.5, 0.6) is 5.88 Å². The highest BCUT2D eigenvalue weighted by molar-refractivity contribution is 5.86. The molecular formula is C14H12F3N3O. The van der Waals surface area contributed by atoms with Gasteiger partial charge < -0.3 is 10.5 Å². The summed E-state index contributed by atoms with van der Waals surface area (Å²) in [6.07, 6.45) is 1.59. The lowest BCUT2D eigenvalue weighted by atomic mass is 10.1. The minimum atomic E-state index is -1.42. The second-order valence-electron chi connectivity index (χ2n) is 4.19. The maximum atomic E-state index is 13.3. The van der Waals surface area contributed by atoms with Gasteiger partial charge in [-0.2, -0.15) is 9.37 Å². The number of anilines is 1. The minimum absolute atomic E-state index is 0.0806. The van der Waals surface area contributed by atoms with Gasteiger partial charge in [-0.05, 0) is 11.6 Å². The van der Waals surface area contributed by atoms with E-state index >= 15 is 0 Å². The van der Waals surface area contributed by atoms with E-state index in [1.807, 2.05) is 0 Å². The number of benzene rings is 1. The van der Waals surface area contributed by atoms with Gasteiger partial charge in [-0.1, -0.05) is 12.1 Å². The number of rotatable bonds is 4. The van der Waals surface area contributed by atoms with Crippen LogP contribution in [-0.4, -0.2) is 18.2 Å². The zero-order valence-electron chi connectivity index (χ0n) is 11.1. The van der Waals surface area contributed by atoms with Gasteiger partial charge in [-0.15, -0.1) is 0 Å². The average molecular weight is 295 g/mol. The molecule has 1 aromatic carbocycles. The summed E-state index contributed by atoms with van der Waals surface area (Å²) < 4.78 is 44.0. The third-order valence-electron chi connectivity index (χ3n) is 2.65. The lowest BCUT2D eigenvalue weighted by Gasteiger charge is -2.08. The van der Waals surface area contributed by atoms with Gasteiger partial charge in [-0.25, -0.2) is 8.78 Å². The molecule has 7 heteroatoms. The molecule has 0 spiro atoms. The molecule has 0 aliphatic carbocycles. The third kappa shape index (κ3) is 3.50.